The van der Waals surface area contributed by atoms with E-state index in [0.717, 1.165) is 28.7 Å². The summed E-state index contributed by atoms with van der Waals surface area (Å²) in [5.41, 5.74) is 8.71. The normalized spacial score (nSPS) is 10.3. The number of hydrogen-bond acceptors (Lipinski definition) is 2. The van der Waals surface area contributed by atoms with Crippen LogP contribution in [0.2, 0.25) is 0 Å². The Morgan fingerprint density at radius 1 is 1.20 bits per heavy atom. The molecule has 0 atom stereocenters. The monoisotopic (exact) mass is 331 g/mol. The van der Waals surface area contributed by atoms with Crippen LogP contribution < -0.4 is 10.6 Å². The summed E-state index contributed by atoms with van der Waals surface area (Å²) in [4.78, 5) is 2.14. The van der Waals surface area contributed by atoms with Gasteiger partial charge in [0.15, 0.2) is 0 Å². The third-order valence-corrected chi connectivity index (χ3v) is 3.73. The van der Waals surface area contributed by atoms with Crippen LogP contribution in [0, 0.1) is 5.41 Å². The number of benzene rings is 2. The van der Waals surface area contributed by atoms with Crippen molar-refractivity contribution >= 4 is 27.5 Å². The predicted octanol–water partition coefficient (Wildman–Crippen LogP) is 3.41. The molecule has 0 aliphatic carbocycles. The van der Waals surface area contributed by atoms with Crippen molar-refractivity contribution in [1.82, 2.24) is 0 Å². The predicted molar refractivity (Wildman–Crippen MR) is 88.6 cm³/mol. The van der Waals surface area contributed by atoms with Gasteiger partial charge in [0, 0.05) is 29.3 Å². The van der Waals surface area contributed by atoms with Crippen molar-refractivity contribution in [2.45, 2.75) is 6.42 Å². The number of likely N-dealkylation sites (N-methyl/N-ethyl adjacent to an activating group) is 1. The summed E-state index contributed by atoms with van der Waals surface area (Å²) >= 11 is 3.42. The first-order chi connectivity index (χ1) is 9.58. The first-order valence-corrected chi connectivity index (χ1v) is 7.26. The highest BCUT2D eigenvalue weighted by atomic mass is 79.9. The highest BCUT2D eigenvalue weighted by molar-refractivity contribution is 9.10. The first-order valence-electron chi connectivity index (χ1n) is 6.47. The van der Waals surface area contributed by atoms with Gasteiger partial charge in [-0.3, -0.25) is 5.41 Å². The van der Waals surface area contributed by atoms with Gasteiger partial charge in [-0.2, -0.15) is 0 Å². The van der Waals surface area contributed by atoms with Crippen LogP contribution in [0.15, 0.2) is 53.0 Å². The molecular formula is C16H18BrN3. The topological polar surface area (TPSA) is 53.1 Å². The first kappa shape index (κ1) is 14.6. The Balaban J connectivity index is 2.13. The second-order valence-electron chi connectivity index (χ2n) is 4.73. The van der Waals surface area contributed by atoms with Crippen molar-refractivity contribution < 1.29 is 0 Å². The summed E-state index contributed by atoms with van der Waals surface area (Å²) in [6.45, 7) is 0.881. The largest absolute Gasteiger partial charge is 0.384 e. The number of nitrogens with zero attached hydrogens (tertiary/aromatic N) is 1. The molecule has 0 aliphatic rings. The lowest BCUT2D eigenvalue weighted by molar-refractivity contribution is 0.875. The fourth-order valence-corrected chi connectivity index (χ4v) is 2.48. The second kappa shape index (κ2) is 6.57. The molecule has 0 saturated heterocycles. The quantitative estimate of drug-likeness (QED) is 0.651. The van der Waals surface area contributed by atoms with Crippen molar-refractivity contribution in [1.29, 1.82) is 5.41 Å². The number of amidine groups is 1. The van der Waals surface area contributed by atoms with E-state index in [-0.39, 0.29) is 5.84 Å². The van der Waals surface area contributed by atoms with Gasteiger partial charge in [-0.1, -0.05) is 46.3 Å². The van der Waals surface area contributed by atoms with Gasteiger partial charge in [0.25, 0.3) is 0 Å². The van der Waals surface area contributed by atoms with Gasteiger partial charge in [0.1, 0.15) is 5.84 Å². The van der Waals surface area contributed by atoms with Gasteiger partial charge >= 0.3 is 0 Å². The Morgan fingerprint density at radius 2 is 1.90 bits per heavy atom. The van der Waals surface area contributed by atoms with E-state index in [1.165, 1.54) is 5.56 Å². The smallest absolute Gasteiger partial charge is 0.124 e. The lowest BCUT2D eigenvalue weighted by Crippen LogP contribution is -2.24. The Kier molecular flexibility index (Phi) is 4.79. The van der Waals surface area contributed by atoms with Crippen molar-refractivity contribution in [2.24, 2.45) is 5.73 Å². The Hall–Kier alpha value is -1.81. The van der Waals surface area contributed by atoms with Gasteiger partial charge in [0.05, 0.1) is 0 Å². The highest BCUT2D eigenvalue weighted by Crippen LogP contribution is 2.23. The maximum Gasteiger partial charge on any atom is 0.124 e. The van der Waals surface area contributed by atoms with E-state index < -0.39 is 0 Å². The van der Waals surface area contributed by atoms with Gasteiger partial charge in [0.2, 0.25) is 0 Å². The number of halogens is 1. The van der Waals surface area contributed by atoms with Gasteiger partial charge < -0.3 is 10.6 Å². The molecule has 0 radical (unpaired) electrons. The summed E-state index contributed by atoms with van der Waals surface area (Å²) in [6, 6.07) is 16.2. The summed E-state index contributed by atoms with van der Waals surface area (Å²) in [5.74, 6) is 0.0906. The zero-order valence-electron chi connectivity index (χ0n) is 11.4. The van der Waals surface area contributed by atoms with Crippen molar-refractivity contribution in [3.8, 4) is 0 Å². The third-order valence-electron chi connectivity index (χ3n) is 3.24. The van der Waals surface area contributed by atoms with E-state index in [9.17, 15) is 0 Å². The molecule has 2 aromatic carbocycles. The minimum atomic E-state index is 0.0906. The zero-order valence-corrected chi connectivity index (χ0v) is 13.0. The van der Waals surface area contributed by atoms with E-state index in [2.05, 4.69) is 45.1 Å². The average molecular weight is 332 g/mol. The Bertz CT molecular complexity index is 596. The van der Waals surface area contributed by atoms with Crippen LogP contribution in [0.5, 0.6) is 0 Å². The third kappa shape index (κ3) is 3.61. The van der Waals surface area contributed by atoms with Gasteiger partial charge in [-0.15, -0.1) is 0 Å². The van der Waals surface area contributed by atoms with Gasteiger partial charge in [-0.05, 0) is 30.2 Å². The highest BCUT2D eigenvalue weighted by Gasteiger charge is 2.10. The molecule has 2 rings (SSSR count). The van der Waals surface area contributed by atoms with E-state index in [1.54, 1.807) is 0 Å². The Labute approximate surface area is 128 Å². The fourth-order valence-electron chi connectivity index (χ4n) is 2.12. The van der Waals surface area contributed by atoms with E-state index in [0.29, 0.717) is 0 Å². The molecule has 0 unspecified atom stereocenters. The zero-order chi connectivity index (χ0) is 14.5. The lowest BCUT2D eigenvalue weighted by atomic mass is 10.1. The molecule has 0 aliphatic heterocycles. The number of nitrogens with two attached hydrogens (primary N) is 1. The second-order valence-corrected chi connectivity index (χ2v) is 5.65. The molecular weight excluding hydrogens is 314 g/mol. The number of nitrogen functional groups attached to an aromatic ring is 1. The van der Waals surface area contributed by atoms with E-state index >= 15 is 0 Å². The van der Waals surface area contributed by atoms with Crippen LogP contribution in [0.1, 0.15) is 11.1 Å². The number of rotatable bonds is 5. The number of anilines is 1. The maximum absolute atomic E-state index is 7.69. The van der Waals surface area contributed by atoms with Crippen LogP contribution in [-0.2, 0) is 6.42 Å². The molecule has 0 saturated carbocycles. The Morgan fingerprint density at radius 3 is 2.55 bits per heavy atom. The minimum Gasteiger partial charge on any atom is -0.384 e. The molecule has 2 aromatic rings. The number of nitrogens with one attached hydrogen (secondary N) is 1. The molecule has 0 fully saturated rings. The fraction of sp³-hybridized carbons (Fsp3) is 0.188. The van der Waals surface area contributed by atoms with E-state index in [1.807, 2.05) is 31.3 Å². The molecule has 0 aromatic heterocycles. The molecule has 0 bridgehead atoms. The SMILES string of the molecule is CN(CCc1ccccc1)c1ccc(Br)cc1C(=N)N. The van der Waals surface area contributed by atoms with Crippen molar-refractivity contribution in [3.63, 3.8) is 0 Å². The molecule has 104 valence electrons. The van der Waals surface area contributed by atoms with Gasteiger partial charge in [-0.25, -0.2) is 0 Å². The van der Waals surface area contributed by atoms with Crippen LogP contribution in [-0.4, -0.2) is 19.4 Å². The summed E-state index contributed by atoms with van der Waals surface area (Å²) in [7, 11) is 2.03. The molecule has 4 heteroatoms. The van der Waals surface area contributed by atoms with Crippen molar-refractivity contribution in [2.75, 3.05) is 18.5 Å². The molecule has 0 heterocycles. The maximum atomic E-state index is 7.69. The molecule has 3 N–H and O–H groups in total. The molecule has 20 heavy (non-hydrogen) atoms. The summed E-state index contributed by atoms with van der Waals surface area (Å²) in [5, 5.41) is 7.69. The van der Waals surface area contributed by atoms with Crippen molar-refractivity contribution in [3.05, 3.63) is 64.1 Å². The lowest BCUT2D eigenvalue weighted by Gasteiger charge is -2.22. The molecule has 3 nitrogen and oxygen atoms in total. The average Bonchev–Trinajstić information content (AvgIpc) is 2.45. The van der Waals surface area contributed by atoms with E-state index in [4.69, 9.17) is 11.1 Å². The standard InChI is InChI=1S/C16H18BrN3/c1-20(10-9-12-5-3-2-4-6-12)15-8-7-13(17)11-14(15)16(18)19/h2-8,11H,9-10H2,1H3,(H3,18,19). The number of hydrogen-bond donors (Lipinski definition) is 2. The van der Waals surface area contributed by atoms with Crippen LogP contribution in [0.25, 0.3) is 0 Å². The van der Waals surface area contributed by atoms with Crippen LogP contribution in [0.4, 0.5) is 5.69 Å². The minimum absolute atomic E-state index is 0.0906. The molecule has 0 amide bonds. The van der Waals surface area contributed by atoms with Crippen LogP contribution in [0.3, 0.4) is 0 Å². The summed E-state index contributed by atoms with van der Waals surface area (Å²) in [6.07, 6.45) is 0.963. The summed E-state index contributed by atoms with van der Waals surface area (Å²) < 4.78 is 0.933. The van der Waals surface area contributed by atoms with Crippen LogP contribution >= 0.6 is 15.9 Å². The molecule has 0 spiro atoms.